The molecule has 0 aromatic carbocycles. The van der Waals surface area contributed by atoms with E-state index in [0.717, 1.165) is 12.1 Å². The van der Waals surface area contributed by atoms with E-state index in [1.165, 1.54) is 0 Å². The van der Waals surface area contributed by atoms with Gasteiger partial charge in [0.2, 0.25) is 0 Å². The fourth-order valence-corrected chi connectivity index (χ4v) is 1.04. The Morgan fingerprint density at radius 2 is 2.27 bits per heavy atom. The summed E-state index contributed by atoms with van der Waals surface area (Å²) in [5.74, 6) is 0.573. The highest BCUT2D eigenvalue weighted by Gasteiger charge is 2.03. The third kappa shape index (κ3) is 2.46. The molecule has 0 aliphatic carbocycles. The van der Waals surface area contributed by atoms with E-state index in [1.54, 1.807) is 12.3 Å². The van der Waals surface area contributed by atoms with Gasteiger partial charge >= 0.3 is 0 Å². The number of rotatable bonds is 2. The Hall–Kier alpha value is -0.630. The molecule has 0 bridgehead atoms. The molecule has 3 heteroatoms. The maximum absolute atomic E-state index is 5.87. The minimum Gasteiger partial charge on any atom is -0.159 e. The quantitative estimate of drug-likeness (QED) is 0.681. The molecule has 11 heavy (non-hydrogen) atoms. The molecular weight excluding hydrogens is 160 g/mol. The molecule has 0 fully saturated rings. The Labute approximate surface area is 71.6 Å². The summed E-state index contributed by atoms with van der Waals surface area (Å²) in [7, 11) is 0. The topological polar surface area (TPSA) is 25.8 Å². The first-order valence-corrected chi connectivity index (χ1v) is 4.04. The average Bonchev–Trinajstić information content (AvgIpc) is 1.93. The van der Waals surface area contributed by atoms with Crippen LogP contribution in [0.25, 0.3) is 0 Å². The van der Waals surface area contributed by atoms with Gasteiger partial charge in [-0.2, -0.15) is 10.2 Å². The van der Waals surface area contributed by atoms with E-state index in [9.17, 15) is 0 Å². The molecule has 0 aliphatic heterocycles. The van der Waals surface area contributed by atoms with E-state index in [4.69, 9.17) is 11.6 Å². The average molecular weight is 171 g/mol. The van der Waals surface area contributed by atoms with Crippen molar-refractivity contribution in [1.29, 1.82) is 0 Å². The Balaban J connectivity index is 2.78. The smallest absolute Gasteiger partial charge is 0.0819 e. The highest BCUT2D eigenvalue weighted by atomic mass is 35.5. The van der Waals surface area contributed by atoms with Crippen molar-refractivity contribution in [2.75, 3.05) is 0 Å². The molecule has 0 saturated heterocycles. The highest BCUT2D eigenvalue weighted by molar-refractivity contribution is 6.31. The molecule has 0 saturated carbocycles. The molecule has 0 radical (unpaired) electrons. The molecule has 0 unspecified atom stereocenters. The van der Waals surface area contributed by atoms with Crippen molar-refractivity contribution >= 4 is 11.6 Å². The number of nitrogens with zero attached hydrogens (tertiary/aromatic N) is 2. The molecule has 0 N–H and O–H groups in total. The van der Waals surface area contributed by atoms with Gasteiger partial charge in [0.05, 0.1) is 16.9 Å². The SMILES string of the molecule is CC(C)Cc1nnccc1Cl. The first kappa shape index (κ1) is 8.47. The summed E-state index contributed by atoms with van der Waals surface area (Å²) in [6.45, 7) is 4.26. The maximum Gasteiger partial charge on any atom is 0.0819 e. The van der Waals surface area contributed by atoms with E-state index in [2.05, 4.69) is 24.0 Å². The second kappa shape index (κ2) is 3.67. The van der Waals surface area contributed by atoms with Crippen molar-refractivity contribution in [3.05, 3.63) is 23.0 Å². The van der Waals surface area contributed by atoms with Crippen molar-refractivity contribution in [2.45, 2.75) is 20.3 Å². The van der Waals surface area contributed by atoms with Crippen LogP contribution in [0.1, 0.15) is 19.5 Å². The summed E-state index contributed by atoms with van der Waals surface area (Å²) in [4.78, 5) is 0. The zero-order chi connectivity index (χ0) is 8.27. The van der Waals surface area contributed by atoms with Crippen LogP contribution < -0.4 is 0 Å². The molecule has 1 aromatic heterocycles. The Bertz CT molecular complexity index is 235. The van der Waals surface area contributed by atoms with Crippen LogP contribution >= 0.6 is 11.6 Å². The van der Waals surface area contributed by atoms with Crippen LogP contribution in [0.3, 0.4) is 0 Å². The van der Waals surface area contributed by atoms with Crippen LogP contribution in [-0.2, 0) is 6.42 Å². The van der Waals surface area contributed by atoms with Gasteiger partial charge in [-0.05, 0) is 18.4 Å². The van der Waals surface area contributed by atoms with Gasteiger partial charge in [-0.1, -0.05) is 25.4 Å². The maximum atomic E-state index is 5.87. The van der Waals surface area contributed by atoms with Gasteiger partial charge in [0.25, 0.3) is 0 Å². The van der Waals surface area contributed by atoms with Crippen LogP contribution in [0.2, 0.25) is 5.02 Å². The van der Waals surface area contributed by atoms with Crippen LogP contribution in [0, 0.1) is 5.92 Å². The van der Waals surface area contributed by atoms with Crippen molar-refractivity contribution in [3.8, 4) is 0 Å². The fraction of sp³-hybridized carbons (Fsp3) is 0.500. The lowest BCUT2D eigenvalue weighted by Crippen LogP contribution is -1.99. The molecule has 0 aliphatic rings. The number of halogens is 1. The molecule has 1 heterocycles. The second-order valence-electron chi connectivity index (χ2n) is 2.92. The zero-order valence-corrected chi connectivity index (χ0v) is 7.47. The van der Waals surface area contributed by atoms with Gasteiger partial charge in [-0.3, -0.25) is 0 Å². The Morgan fingerprint density at radius 1 is 1.55 bits per heavy atom. The van der Waals surface area contributed by atoms with Gasteiger partial charge in [0.1, 0.15) is 0 Å². The van der Waals surface area contributed by atoms with Gasteiger partial charge < -0.3 is 0 Å². The van der Waals surface area contributed by atoms with Crippen molar-refractivity contribution in [3.63, 3.8) is 0 Å². The standard InChI is InChI=1S/C8H11ClN2/c1-6(2)5-8-7(9)3-4-10-11-8/h3-4,6H,5H2,1-2H3. The molecule has 0 atom stereocenters. The number of hydrogen-bond acceptors (Lipinski definition) is 2. The monoisotopic (exact) mass is 170 g/mol. The molecule has 1 aromatic rings. The van der Waals surface area contributed by atoms with Crippen molar-refractivity contribution in [2.24, 2.45) is 5.92 Å². The minimum absolute atomic E-state index is 0.573. The molecule has 0 spiro atoms. The lowest BCUT2D eigenvalue weighted by Gasteiger charge is -2.03. The number of hydrogen-bond donors (Lipinski definition) is 0. The molecule has 0 amide bonds. The fourth-order valence-electron chi connectivity index (χ4n) is 0.871. The first-order valence-electron chi connectivity index (χ1n) is 3.66. The highest BCUT2D eigenvalue weighted by Crippen LogP contribution is 2.14. The van der Waals surface area contributed by atoms with Gasteiger partial charge in [-0.15, -0.1) is 0 Å². The molecule has 60 valence electrons. The molecular formula is C8H11ClN2. The van der Waals surface area contributed by atoms with E-state index in [-0.39, 0.29) is 0 Å². The van der Waals surface area contributed by atoms with Crippen LogP contribution in [0.15, 0.2) is 12.3 Å². The van der Waals surface area contributed by atoms with Crippen LogP contribution in [0.4, 0.5) is 0 Å². The predicted molar refractivity (Wildman–Crippen MR) is 45.6 cm³/mol. The number of aromatic nitrogens is 2. The summed E-state index contributed by atoms with van der Waals surface area (Å²) in [6, 6.07) is 1.77. The van der Waals surface area contributed by atoms with E-state index in [0.29, 0.717) is 10.9 Å². The summed E-state index contributed by atoms with van der Waals surface area (Å²) in [6.07, 6.45) is 2.50. The van der Waals surface area contributed by atoms with Crippen molar-refractivity contribution < 1.29 is 0 Å². The van der Waals surface area contributed by atoms with E-state index < -0.39 is 0 Å². The van der Waals surface area contributed by atoms with E-state index >= 15 is 0 Å². The van der Waals surface area contributed by atoms with Gasteiger partial charge in [-0.25, -0.2) is 0 Å². The second-order valence-corrected chi connectivity index (χ2v) is 3.33. The minimum atomic E-state index is 0.573. The predicted octanol–water partition coefficient (Wildman–Crippen LogP) is 2.33. The van der Waals surface area contributed by atoms with Gasteiger partial charge in [0, 0.05) is 0 Å². The third-order valence-electron chi connectivity index (χ3n) is 1.34. The zero-order valence-electron chi connectivity index (χ0n) is 6.71. The summed E-state index contributed by atoms with van der Waals surface area (Å²) >= 11 is 5.87. The van der Waals surface area contributed by atoms with Gasteiger partial charge in [0.15, 0.2) is 0 Å². The van der Waals surface area contributed by atoms with Crippen molar-refractivity contribution in [1.82, 2.24) is 10.2 Å². The Kier molecular flexibility index (Phi) is 2.83. The normalized spacial score (nSPS) is 10.5. The first-order chi connectivity index (χ1) is 5.20. The van der Waals surface area contributed by atoms with Crippen LogP contribution in [0.5, 0.6) is 0 Å². The lowest BCUT2D eigenvalue weighted by molar-refractivity contribution is 0.628. The summed E-state index contributed by atoms with van der Waals surface area (Å²) in [5, 5.41) is 8.42. The Morgan fingerprint density at radius 3 is 2.82 bits per heavy atom. The van der Waals surface area contributed by atoms with E-state index in [1.807, 2.05) is 0 Å². The summed E-state index contributed by atoms with van der Waals surface area (Å²) < 4.78 is 0. The molecule has 2 nitrogen and oxygen atoms in total. The lowest BCUT2D eigenvalue weighted by atomic mass is 10.1. The molecule has 1 rings (SSSR count). The third-order valence-corrected chi connectivity index (χ3v) is 1.69. The largest absolute Gasteiger partial charge is 0.159 e. The van der Waals surface area contributed by atoms with Crippen LogP contribution in [-0.4, -0.2) is 10.2 Å². The summed E-state index contributed by atoms with van der Waals surface area (Å²) in [5.41, 5.74) is 0.893.